The van der Waals surface area contributed by atoms with Crippen molar-refractivity contribution in [2.75, 3.05) is 26.7 Å². The molecule has 0 saturated heterocycles. The van der Waals surface area contributed by atoms with Crippen molar-refractivity contribution in [2.24, 2.45) is 0 Å². The first-order valence-electron chi connectivity index (χ1n) is 2.91. The second-order valence-electron chi connectivity index (χ2n) is 1.41. The highest BCUT2D eigenvalue weighted by atomic mass is 16.6. The summed E-state index contributed by atoms with van der Waals surface area (Å²) >= 11 is 0. The highest BCUT2D eigenvalue weighted by Gasteiger charge is 1.80. The summed E-state index contributed by atoms with van der Waals surface area (Å²) in [5, 5.41) is 3.12. The zero-order chi connectivity index (χ0) is 6.24. The van der Waals surface area contributed by atoms with E-state index in [4.69, 9.17) is 4.84 Å². The fraction of sp³-hybridized carbons (Fsp3) is 1.00. The van der Waals surface area contributed by atoms with Crippen LogP contribution in [-0.4, -0.2) is 26.7 Å². The zero-order valence-corrected chi connectivity index (χ0v) is 5.53. The molecule has 0 aromatic carbocycles. The first-order valence-corrected chi connectivity index (χ1v) is 2.91. The molecule has 3 heteroatoms. The lowest BCUT2D eigenvalue weighted by molar-refractivity contribution is 0.0603. The van der Waals surface area contributed by atoms with Gasteiger partial charge >= 0.3 is 0 Å². The Bertz CT molecular complexity index is 35.4. The molecule has 0 aromatic rings. The van der Waals surface area contributed by atoms with Crippen molar-refractivity contribution in [1.29, 1.82) is 0 Å². The first-order chi connectivity index (χ1) is 3.91. The minimum absolute atomic E-state index is 0.727. The van der Waals surface area contributed by atoms with Gasteiger partial charge in [-0.2, -0.15) is 0 Å². The summed E-state index contributed by atoms with van der Waals surface area (Å²) in [6.45, 7) is 4.72. The molecule has 0 atom stereocenters. The average molecular weight is 118 g/mol. The molecule has 0 aromatic heterocycles. The molecule has 0 rings (SSSR count). The molecule has 0 heterocycles. The monoisotopic (exact) mass is 118 g/mol. The summed E-state index contributed by atoms with van der Waals surface area (Å²) in [5.74, 6) is 0. The zero-order valence-electron chi connectivity index (χ0n) is 5.53. The molecule has 0 radical (unpaired) electrons. The van der Waals surface area contributed by atoms with Gasteiger partial charge in [0.05, 0.1) is 6.61 Å². The quantitative estimate of drug-likeness (QED) is 0.385. The maximum absolute atomic E-state index is 4.82. The van der Waals surface area contributed by atoms with Crippen molar-refractivity contribution in [3.05, 3.63) is 0 Å². The maximum atomic E-state index is 4.82. The molecule has 0 aliphatic heterocycles. The fourth-order valence-electron chi connectivity index (χ4n) is 0.402. The van der Waals surface area contributed by atoms with E-state index in [9.17, 15) is 0 Å². The molecular weight excluding hydrogens is 104 g/mol. The van der Waals surface area contributed by atoms with E-state index >= 15 is 0 Å². The van der Waals surface area contributed by atoms with E-state index in [2.05, 4.69) is 17.7 Å². The summed E-state index contributed by atoms with van der Waals surface area (Å²) in [5.41, 5.74) is 2.59. The largest absolute Gasteiger partial charge is 0.315 e. The Hall–Kier alpha value is -0.120. The molecule has 50 valence electrons. The van der Waals surface area contributed by atoms with Gasteiger partial charge in [0.15, 0.2) is 0 Å². The second-order valence-corrected chi connectivity index (χ2v) is 1.41. The van der Waals surface area contributed by atoms with Crippen LogP contribution in [0.1, 0.15) is 6.92 Å². The van der Waals surface area contributed by atoms with Crippen LogP contribution in [0, 0.1) is 0 Å². The van der Waals surface area contributed by atoms with Crippen molar-refractivity contribution in [3.63, 3.8) is 0 Å². The van der Waals surface area contributed by atoms with Gasteiger partial charge in [-0.3, -0.25) is 0 Å². The number of hydrogen-bond donors (Lipinski definition) is 2. The third-order valence-electron chi connectivity index (χ3n) is 0.775. The van der Waals surface area contributed by atoms with Crippen LogP contribution in [0.3, 0.4) is 0 Å². The van der Waals surface area contributed by atoms with Crippen LogP contribution < -0.4 is 10.8 Å². The molecule has 3 nitrogen and oxygen atoms in total. The van der Waals surface area contributed by atoms with Crippen molar-refractivity contribution < 1.29 is 4.84 Å². The van der Waals surface area contributed by atoms with Crippen molar-refractivity contribution in [2.45, 2.75) is 6.92 Å². The maximum Gasteiger partial charge on any atom is 0.0806 e. The van der Waals surface area contributed by atoms with Crippen LogP contribution in [0.4, 0.5) is 0 Å². The van der Waals surface area contributed by atoms with Crippen LogP contribution in [0.2, 0.25) is 0 Å². The molecule has 2 N–H and O–H groups in total. The SMILES string of the molecule is CCNCCONC. The Morgan fingerprint density at radius 3 is 2.75 bits per heavy atom. The van der Waals surface area contributed by atoms with Crippen LogP contribution in [0.5, 0.6) is 0 Å². The predicted molar refractivity (Wildman–Crippen MR) is 33.6 cm³/mol. The summed E-state index contributed by atoms with van der Waals surface area (Å²) in [4.78, 5) is 4.82. The van der Waals surface area contributed by atoms with E-state index in [1.807, 2.05) is 0 Å². The molecule has 0 spiro atoms. The predicted octanol–water partition coefficient (Wildman–Crippen LogP) is -0.253. The number of nitrogens with one attached hydrogen (secondary N) is 2. The second kappa shape index (κ2) is 6.88. The van der Waals surface area contributed by atoms with E-state index in [-0.39, 0.29) is 0 Å². The Morgan fingerprint density at radius 2 is 2.25 bits per heavy atom. The van der Waals surface area contributed by atoms with Gasteiger partial charge in [0.2, 0.25) is 0 Å². The Morgan fingerprint density at radius 1 is 1.50 bits per heavy atom. The minimum atomic E-state index is 0.727. The molecule has 0 aliphatic carbocycles. The average Bonchev–Trinajstić information content (AvgIpc) is 1.81. The van der Waals surface area contributed by atoms with E-state index in [0.717, 1.165) is 19.7 Å². The molecule has 8 heavy (non-hydrogen) atoms. The highest BCUT2D eigenvalue weighted by molar-refractivity contribution is 4.37. The Labute approximate surface area is 50.4 Å². The van der Waals surface area contributed by atoms with Crippen molar-refractivity contribution in [3.8, 4) is 0 Å². The van der Waals surface area contributed by atoms with Gasteiger partial charge in [-0.05, 0) is 6.54 Å². The van der Waals surface area contributed by atoms with Crippen LogP contribution >= 0.6 is 0 Å². The lowest BCUT2D eigenvalue weighted by Gasteiger charge is -1.99. The third kappa shape index (κ3) is 5.88. The highest BCUT2D eigenvalue weighted by Crippen LogP contribution is 1.61. The molecule has 0 unspecified atom stereocenters. The van der Waals surface area contributed by atoms with Gasteiger partial charge < -0.3 is 10.2 Å². The van der Waals surface area contributed by atoms with Gasteiger partial charge in [-0.1, -0.05) is 6.92 Å². The standard InChI is InChI=1S/C5H14N2O/c1-3-7-4-5-8-6-2/h6-7H,3-5H2,1-2H3. The molecule has 0 fully saturated rings. The number of rotatable bonds is 5. The van der Waals surface area contributed by atoms with Gasteiger partial charge in [-0.25, -0.2) is 5.48 Å². The Balaban J connectivity index is 2.53. The molecule has 0 saturated carbocycles. The smallest absolute Gasteiger partial charge is 0.0806 e. The van der Waals surface area contributed by atoms with E-state index in [1.54, 1.807) is 7.05 Å². The minimum Gasteiger partial charge on any atom is -0.315 e. The summed E-state index contributed by atoms with van der Waals surface area (Å²) in [6.07, 6.45) is 0. The summed E-state index contributed by atoms with van der Waals surface area (Å²) < 4.78 is 0. The third-order valence-corrected chi connectivity index (χ3v) is 0.775. The first kappa shape index (κ1) is 7.88. The number of hydroxylamine groups is 1. The van der Waals surface area contributed by atoms with E-state index in [0.29, 0.717) is 0 Å². The van der Waals surface area contributed by atoms with Crippen LogP contribution in [-0.2, 0) is 4.84 Å². The molecule has 0 aliphatic rings. The topological polar surface area (TPSA) is 33.3 Å². The summed E-state index contributed by atoms with van der Waals surface area (Å²) in [7, 11) is 1.76. The van der Waals surface area contributed by atoms with Crippen LogP contribution in [0.25, 0.3) is 0 Å². The van der Waals surface area contributed by atoms with Gasteiger partial charge in [0.1, 0.15) is 0 Å². The van der Waals surface area contributed by atoms with Crippen molar-refractivity contribution >= 4 is 0 Å². The van der Waals surface area contributed by atoms with Gasteiger partial charge in [0, 0.05) is 13.6 Å². The Kier molecular flexibility index (Phi) is 6.78. The number of likely N-dealkylation sites (N-methyl/N-ethyl adjacent to an activating group) is 1. The summed E-state index contributed by atoms with van der Waals surface area (Å²) in [6, 6.07) is 0. The van der Waals surface area contributed by atoms with E-state index in [1.165, 1.54) is 0 Å². The fourth-order valence-corrected chi connectivity index (χ4v) is 0.402. The molecule has 0 bridgehead atoms. The van der Waals surface area contributed by atoms with Crippen molar-refractivity contribution in [1.82, 2.24) is 10.8 Å². The lowest BCUT2D eigenvalue weighted by atomic mass is 10.6. The normalized spacial score (nSPS) is 9.75. The van der Waals surface area contributed by atoms with Gasteiger partial charge in [0.25, 0.3) is 0 Å². The van der Waals surface area contributed by atoms with Crippen LogP contribution in [0.15, 0.2) is 0 Å². The molecular formula is C5H14N2O. The lowest BCUT2D eigenvalue weighted by Crippen LogP contribution is -2.21. The molecule has 0 amide bonds. The van der Waals surface area contributed by atoms with E-state index < -0.39 is 0 Å². The van der Waals surface area contributed by atoms with Gasteiger partial charge in [-0.15, -0.1) is 0 Å². The number of hydrogen-bond acceptors (Lipinski definition) is 3.